The van der Waals surface area contributed by atoms with E-state index in [0.29, 0.717) is 19.1 Å². The van der Waals surface area contributed by atoms with Gasteiger partial charge in [0.25, 0.3) is 0 Å². The lowest BCUT2D eigenvalue weighted by Gasteiger charge is -2.37. The third kappa shape index (κ3) is 11.1. The van der Waals surface area contributed by atoms with Crippen LogP contribution >= 0.6 is 0 Å². The van der Waals surface area contributed by atoms with E-state index in [9.17, 15) is 0 Å². The van der Waals surface area contributed by atoms with Crippen molar-refractivity contribution in [2.45, 2.75) is 98.2 Å². The van der Waals surface area contributed by atoms with Crippen LogP contribution in [0.2, 0.25) is 0 Å². The molecular weight excluding hydrogens is 300 g/mol. The molecule has 0 aromatic rings. The van der Waals surface area contributed by atoms with Gasteiger partial charge in [0.05, 0.1) is 12.9 Å². The van der Waals surface area contributed by atoms with Gasteiger partial charge in [0.1, 0.15) is 0 Å². The number of rotatable bonds is 17. The molecule has 0 aliphatic rings. The van der Waals surface area contributed by atoms with Gasteiger partial charge >= 0.3 is 0 Å². The fourth-order valence-corrected chi connectivity index (χ4v) is 3.13. The summed E-state index contributed by atoms with van der Waals surface area (Å²) in [6.45, 7) is 12.6. The maximum atomic E-state index is 6.01. The Morgan fingerprint density at radius 3 is 2.04 bits per heavy atom. The lowest BCUT2D eigenvalue weighted by atomic mass is 9.90. The molecule has 0 aromatic heterocycles. The zero-order valence-electron chi connectivity index (χ0n) is 16.9. The zero-order chi connectivity index (χ0) is 18.1. The molecule has 0 saturated heterocycles. The average molecular weight is 343 g/mol. The molecule has 1 unspecified atom stereocenters. The van der Waals surface area contributed by atoms with Crippen LogP contribution in [0.3, 0.4) is 0 Å². The van der Waals surface area contributed by atoms with Gasteiger partial charge in [-0.1, -0.05) is 58.4 Å². The molecule has 0 fully saturated rings. The minimum absolute atomic E-state index is 0.374. The molecule has 144 valence electrons. The fourth-order valence-electron chi connectivity index (χ4n) is 3.13. The third-order valence-electron chi connectivity index (χ3n) is 4.52. The molecule has 0 aliphatic carbocycles. The summed E-state index contributed by atoms with van der Waals surface area (Å²) in [5.74, 6) is -0.122. The lowest BCUT2D eigenvalue weighted by Crippen LogP contribution is -2.41. The van der Waals surface area contributed by atoms with Crippen molar-refractivity contribution in [2.75, 3.05) is 19.8 Å². The number of ether oxygens (including phenoxy) is 3. The van der Waals surface area contributed by atoms with Crippen LogP contribution in [0.5, 0.6) is 0 Å². The van der Waals surface area contributed by atoms with Crippen molar-refractivity contribution >= 4 is 0 Å². The van der Waals surface area contributed by atoms with E-state index in [1.54, 1.807) is 0 Å². The predicted molar refractivity (Wildman–Crippen MR) is 103 cm³/mol. The molecule has 0 saturated carbocycles. The second kappa shape index (κ2) is 16.0. The molecule has 0 spiro atoms. The Hall–Kier alpha value is -0.540. The number of hydrogen-bond acceptors (Lipinski definition) is 3. The molecule has 0 radical (unpaired) electrons. The SMILES string of the molecule is CCC=COCCC(CCCCCCCC)C(C)(OCC)OCC. The van der Waals surface area contributed by atoms with Gasteiger partial charge in [0.2, 0.25) is 0 Å². The van der Waals surface area contributed by atoms with Crippen molar-refractivity contribution in [1.82, 2.24) is 0 Å². The molecule has 0 N–H and O–H groups in total. The first-order valence-corrected chi connectivity index (χ1v) is 10.2. The van der Waals surface area contributed by atoms with E-state index in [-0.39, 0.29) is 0 Å². The van der Waals surface area contributed by atoms with Crippen LogP contribution in [0.25, 0.3) is 0 Å². The molecule has 1 atom stereocenters. The second-order valence-electron chi connectivity index (χ2n) is 6.57. The van der Waals surface area contributed by atoms with Gasteiger partial charge in [0.15, 0.2) is 5.79 Å². The highest BCUT2D eigenvalue weighted by Crippen LogP contribution is 2.31. The maximum absolute atomic E-state index is 6.01. The summed E-state index contributed by atoms with van der Waals surface area (Å²) in [5.41, 5.74) is 0. The Morgan fingerprint density at radius 1 is 0.833 bits per heavy atom. The van der Waals surface area contributed by atoms with Gasteiger partial charge in [-0.3, -0.25) is 0 Å². The Balaban J connectivity index is 4.47. The average Bonchev–Trinajstić information content (AvgIpc) is 2.56. The molecule has 0 rings (SSSR count). The standard InChI is InChI=1S/C21H42O3/c1-6-10-12-13-14-15-16-20(17-19-22-18-11-7-2)21(5,23-8-3)24-9-4/h11,18,20H,6-10,12-17,19H2,1-5H3. The van der Waals surface area contributed by atoms with Crippen molar-refractivity contribution in [2.24, 2.45) is 5.92 Å². The van der Waals surface area contributed by atoms with Crippen LogP contribution in [-0.2, 0) is 14.2 Å². The smallest absolute Gasteiger partial charge is 0.168 e. The quantitative estimate of drug-likeness (QED) is 0.172. The highest BCUT2D eigenvalue weighted by molar-refractivity contribution is 4.77. The Labute approximate surface area is 151 Å². The summed E-state index contributed by atoms with van der Waals surface area (Å²) >= 11 is 0. The first-order valence-electron chi connectivity index (χ1n) is 10.2. The van der Waals surface area contributed by atoms with Crippen molar-refractivity contribution in [3.63, 3.8) is 0 Å². The van der Waals surface area contributed by atoms with Gasteiger partial charge in [-0.15, -0.1) is 0 Å². The molecule has 0 heterocycles. The molecule has 0 amide bonds. The third-order valence-corrected chi connectivity index (χ3v) is 4.52. The van der Waals surface area contributed by atoms with E-state index in [0.717, 1.165) is 25.9 Å². The minimum atomic E-state index is -0.495. The fraction of sp³-hybridized carbons (Fsp3) is 0.905. The minimum Gasteiger partial charge on any atom is -0.502 e. The highest BCUT2D eigenvalue weighted by Gasteiger charge is 2.35. The molecule has 3 nitrogen and oxygen atoms in total. The van der Waals surface area contributed by atoms with Crippen molar-refractivity contribution in [1.29, 1.82) is 0 Å². The second-order valence-corrected chi connectivity index (χ2v) is 6.57. The van der Waals surface area contributed by atoms with E-state index in [1.165, 1.54) is 38.5 Å². The van der Waals surface area contributed by atoms with Crippen LogP contribution in [0.4, 0.5) is 0 Å². The Morgan fingerprint density at radius 2 is 1.46 bits per heavy atom. The molecule has 0 bridgehead atoms. The van der Waals surface area contributed by atoms with Gasteiger partial charge in [-0.25, -0.2) is 0 Å². The molecule has 0 aliphatic heterocycles. The van der Waals surface area contributed by atoms with E-state index in [1.807, 2.05) is 26.2 Å². The Kier molecular flexibility index (Phi) is 15.6. The van der Waals surface area contributed by atoms with Crippen LogP contribution in [0, 0.1) is 5.92 Å². The zero-order valence-corrected chi connectivity index (χ0v) is 16.9. The largest absolute Gasteiger partial charge is 0.502 e. The van der Waals surface area contributed by atoms with Gasteiger partial charge in [-0.2, -0.15) is 0 Å². The summed E-state index contributed by atoms with van der Waals surface area (Å²) in [4.78, 5) is 0. The molecule has 0 aromatic carbocycles. The van der Waals surface area contributed by atoms with Crippen LogP contribution < -0.4 is 0 Å². The Bertz CT molecular complexity index is 283. The van der Waals surface area contributed by atoms with Gasteiger partial charge in [0, 0.05) is 19.1 Å². The topological polar surface area (TPSA) is 27.7 Å². The number of unbranched alkanes of at least 4 members (excludes halogenated alkanes) is 5. The monoisotopic (exact) mass is 342 g/mol. The predicted octanol–water partition coefficient (Wildman–Crippen LogP) is 6.47. The molecular formula is C21H42O3. The summed E-state index contributed by atoms with van der Waals surface area (Å²) < 4.78 is 17.6. The summed E-state index contributed by atoms with van der Waals surface area (Å²) in [7, 11) is 0. The molecule has 3 heteroatoms. The van der Waals surface area contributed by atoms with Crippen molar-refractivity contribution in [3.8, 4) is 0 Å². The van der Waals surface area contributed by atoms with E-state index in [4.69, 9.17) is 14.2 Å². The lowest BCUT2D eigenvalue weighted by molar-refractivity contribution is -0.255. The van der Waals surface area contributed by atoms with Crippen LogP contribution in [-0.4, -0.2) is 25.6 Å². The maximum Gasteiger partial charge on any atom is 0.168 e. The highest BCUT2D eigenvalue weighted by atomic mass is 16.7. The van der Waals surface area contributed by atoms with E-state index >= 15 is 0 Å². The van der Waals surface area contributed by atoms with Crippen molar-refractivity contribution < 1.29 is 14.2 Å². The summed E-state index contributed by atoms with van der Waals surface area (Å²) in [6.07, 6.45) is 14.9. The first-order chi connectivity index (χ1) is 11.6. The summed E-state index contributed by atoms with van der Waals surface area (Å²) in [6, 6.07) is 0. The number of allylic oxidation sites excluding steroid dienone is 1. The van der Waals surface area contributed by atoms with E-state index < -0.39 is 5.79 Å². The van der Waals surface area contributed by atoms with Gasteiger partial charge in [-0.05, 0) is 40.0 Å². The van der Waals surface area contributed by atoms with Gasteiger partial charge < -0.3 is 14.2 Å². The van der Waals surface area contributed by atoms with E-state index in [2.05, 4.69) is 20.8 Å². The number of hydrogen-bond donors (Lipinski definition) is 0. The van der Waals surface area contributed by atoms with Crippen molar-refractivity contribution in [3.05, 3.63) is 12.3 Å². The summed E-state index contributed by atoms with van der Waals surface area (Å²) in [5, 5.41) is 0. The van der Waals surface area contributed by atoms with Crippen LogP contribution in [0.15, 0.2) is 12.3 Å². The molecule has 24 heavy (non-hydrogen) atoms. The first kappa shape index (κ1) is 23.5. The van der Waals surface area contributed by atoms with Crippen LogP contribution in [0.1, 0.15) is 92.4 Å². The normalized spacial score (nSPS) is 13.5.